The van der Waals surface area contributed by atoms with Crippen LogP contribution in [0.3, 0.4) is 0 Å². The minimum atomic E-state index is -0.122. The van der Waals surface area contributed by atoms with Crippen molar-refractivity contribution in [3.63, 3.8) is 0 Å². The number of nitrogens with one attached hydrogen (secondary N) is 1. The van der Waals surface area contributed by atoms with Crippen LogP contribution in [-0.4, -0.2) is 21.5 Å². The van der Waals surface area contributed by atoms with E-state index in [4.69, 9.17) is 11.6 Å². The van der Waals surface area contributed by atoms with Gasteiger partial charge in [-0.25, -0.2) is 15.0 Å². The Kier molecular flexibility index (Phi) is 4.60. The molecule has 0 aromatic carbocycles. The second-order valence-electron chi connectivity index (χ2n) is 5.66. The number of halogens is 1. The van der Waals surface area contributed by atoms with E-state index < -0.39 is 0 Å². The van der Waals surface area contributed by atoms with E-state index >= 15 is 0 Å². The van der Waals surface area contributed by atoms with E-state index in [1.54, 1.807) is 11.3 Å². The van der Waals surface area contributed by atoms with Gasteiger partial charge in [0.05, 0.1) is 5.01 Å². The Bertz CT molecular complexity index is 576. The molecule has 2 heterocycles. The Balaban J connectivity index is 2.12. The van der Waals surface area contributed by atoms with Gasteiger partial charge in [-0.1, -0.05) is 32.4 Å². The standard InChI is InChI=1S/C14H19ClN4S/c1-9-11(15)18-13(14(2,3)4)19-12(9)17-6-5-10-16-7-8-20-10/h7-8H,5-6H2,1-4H3,(H,17,18,19). The molecule has 0 spiro atoms. The van der Waals surface area contributed by atoms with Crippen molar-refractivity contribution >= 4 is 28.8 Å². The first-order valence-electron chi connectivity index (χ1n) is 6.55. The minimum absolute atomic E-state index is 0.122. The second-order valence-corrected chi connectivity index (χ2v) is 7.00. The predicted molar refractivity (Wildman–Crippen MR) is 84.8 cm³/mol. The van der Waals surface area contributed by atoms with Gasteiger partial charge in [-0.3, -0.25) is 0 Å². The highest BCUT2D eigenvalue weighted by Gasteiger charge is 2.20. The number of hydrogen-bond acceptors (Lipinski definition) is 5. The summed E-state index contributed by atoms with van der Waals surface area (Å²) in [6.45, 7) is 8.94. The first-order valence-corrected chi connectivity index (χ1v) is 7.80. The molecule has 0 radical (unpaired) electrons. The van der Waals surface area contributed by atoms with Gasteiger partial charge < -0.3 is 5.32 Å². The average Bonchev–Trinajstić information content (AvgIpc) is 2.86. The number of anilines is 1. The van der Waals surface area contributed by atoms with Crippen molar-refractivity contribution in [1.29, 1.82) is 0 Å². The lowest BCUT2D eigenvalue weighted by molar-refractivity contribution is 0.545. The molecule has 2 rings (SSSR count). The molecular weight excluding hydrogens is 292 g/mol. The zero-order chi connectivity index (χ0) is 14.8. The molecule has 0 fully saturated rings. The van der Waals surface area contributed by atoms with E-state index in [9.17, 15) is 0 Å². The van der Waals surface area contributed by atoms with Crippen LogP contribution in [0.25, 0.3) is 0 Å². The van der Waals surface area contributed by atoms with Gasteiger partial charge in [0.15, 0.2) is 0 Å². The number of thiazole rings is 1. The van der Waals surface area contributed by atoms with E-state index in [0.717, 1.165) is 35.2 Å². The molecule has 0 unspecified atom stereocenters. The van der Waals surface area contributed by atoms with Gasteiger partial charge in [0.25, 0.3) is 0 Å². The van der Waals surface area contributed by atoms with Gasteiger partial charge in [0, 0.05) is 35.5 Å². The zero-order valence-electron chi connectivity index (χ0n) is 12.2. The molecule has 0 atom stereocenters. The molecule has 0 aliphatic carbocycles. The second kappa shape index (κ2) is 6.06. The fourth-order valence-corrected chi connectivity index (χ4v) is 2.45. The highest BCUT2D eigenvalue weighted by molar-refractivity contribution is 7.09. The molecule has 0 saturated heterocycles. The average molecular weight is 311 g/mol. The minimum Gasteiger partial charge on any atom is -0.369 e. The SMILES string of the molecule is Cc1c(Cl)nc(C(C)(C)C)nc1NCCc1nccs1. The van der Waals surface area contributed by atoms with Crippen molar-refractivity contribution in [2.24, 2.45) is 0 Å². The largest absolute Gasteiger partial charge is 0.369 e. The lowest BCUT2D eigenvalue weighted by Gasteiger charge is -2.19. The van der Waals surface area contributed by atoms with E-state index in [1.807, 2.05) is 18.5 Å². The van der Waals surface area contributed by atoms with E-state index in [-0.39, 0.29) is 5.41 Å². The van der Waals surface area contributed by atoms with Gasteiger partial charge in [-0.05, 0) is 6.92 Å². The summed E-state index contributed by atoms with van der Waals surface area (Å²) in [5, 5.41) is 6.95. The zero-order valence-corrected chi connectivity index (χ0v) is 13.8. The number of aromatic nitrogens is 3. The molecule has 0 bridgehead atoms. The third kappa shape index (κ3) is 3.67. The Morgan fingerprint density at radius 2 is 2.05 bits per heavy atom. The molecule has 0 aliphatic heterocycles. The van der Waals surface area contributed by atoms with Gasteiger partial charge in [-0.15, -0.1) is 11.3 Å². The summed E-state index contributed by atoms with van der Waals surface area (Å²) in [4.78, 5) is 13.2. The number of nitrogens with zero attached hydrogens (tertiary/aromatic N) is 3. The highest BCUT2D eigenvalue weighted by Crippen LogP contribution is 2.26. The van der Waals surface area contributed by atoms with Crippen molar-refractivity contribution in [2.45, 2.75) is 39.5 Å². The Morgan fingerprint density at radius 1 is 1.30 bits per heavy atom. The third-order valence-corrected chi connectivity index (χ3v) is 4.08. The summed E-state index contributed by atoms with van der Waals surface area (Å²) >= 11 is 7.87. The van der Waals surface area contributed by atoms with E-state index in [2.05, 4.69) is 41.0 Å². The lowest BCUT2D eigenvalue weighted by Crippen LogP contribution is -2.19. The van der Waals surface area contributed by atoms with Crippen LogP contribution in [0, 0.1) is 6.92 Å². The quantitative estimate of drug-likeness (QED) is 0.872. The molecule has 0 amide bonds. The first-order chi connectivity index (χ1) is 9.38. The monoisotopic (exact) mass is 310 g/mol. The van der Waals surface area contributed by atoms with Crippen LogP contribution in [0.15, 0.2) is 11.6 Å². The molecule has 0 saturated carbocycles. The first kappa shape index (κ1) is 15.2. The van der Waals surface area contributed by atoms with Gasteiger partial charge in [0.2, 0.25) is 0 Å². The number of rotatable bonds is 4. The number of hydrogen-bond donors (Lipinski definition) is 1. The molecular formula is C14H19ClN4S. The van der Waals surface area contributed by atoms with Crippen molar-refractivity contribution in [2.75, 3.05) is 11.9 Å². The summed E-state index contributed by atoms with van der Waals surface area (Å²) in [7, 11) is 0. The van der Waals surface area contributed by atoms with Gasteiger partial charge in [-0.2, -0.15) is 0 Å². The van der Waals surface area contributed by atoms with Gasteiger partial charge >= 0.3 is 0 Å². The van der Waals surface area contributed by atoms with Crippen LogP contribution in [-0.2, 0) is 11.8 Å². The van der Waals surface area contributed by atoms with Crippen LogP contribution in [0.5, 0.6) is 0 Å². The van der Waals surface area contributed by atoms with Gasteiger partial charge in [0.1, 0.15) is 16.8 Å². The smallest absolute Gasteiger partial charge is 0.137 e. The summed E-state index contributed by atoms with van der Waals surface area (Å²) < 4.78 is 0. The predicted octanol–water partition coefficient (Wildman–Crippen LogP) is 3.85. The third-order valence-electron chi connectivity index (χ3n) is 2.87. The highest BCUT2D eigenvalue weighted by atomic mass is 35.5. The van der Waals surface area contributed by atoms with E-state index in [0.29, 0.717) is 5.15 Å². The maximum absolute atomic E-state index is 6.20. The lowest BCUT2D eigenvalue weighted by atomic mass is 9.95. The maximum atomic E-state index is 6.20. The maximum Gasteiger partial charge on any atom is 0.137 e. The van der Waals surface area contributed by atoms with Crippen LogP contribution in [0.2, 0.25) is 5.15 Å². The van der Waals surface area contributed by atoms with E-state index in [1.165, 1.54) is 0 Å². The molecule has 1 N–H and O–H groups in total. The molecule has 4 nitrogen and oxygen atoms in total. The van der Waals surface area contributed by atoms with Crippen molar-refractivity contribution in [3.05, 3.63) is 33.1 Å². The molecule has 0 aliphatic rings. The Labute approximate surface area is 128 Å². The van der Waals surface area contributed by atoms with Crippen LogP contribution in [0.4, 0.5) is 5.82 Å². The summed E-state index contributed by atoms with van der Waals surface area (Å²) in [5.74, 6) is 1.57. The van der Waals surface area contributed by atoms with Crippen LogP contribution < -0.4 is 5.32 Å². The van der Waals surface area contributed by atoms with Crippen LogP contribution >= 0.6 is 22.9 Å². The fraction of sp³-hybridized carbons (Fsp3) is 0.500. The Hall–Kier alpha value is -1.20. The van der Waals surface area contributed by atoms with Crippen molar-refractivity contribution in [1.82, 2.24) is 15.0 Å². The molecule has 6 heteroatoms. The normalized spacial score (nSPS) is 11.7. The Morgan fingerprint density at radius 3 is 2.65 bits per heavy atom. The molecule has 2 aromatic heterocycles. The summed E-state index contributed by atoms with van der Waals surface area (Å²) in [5.41, 5.74) is 0.766. The fourth-order valence-electron chi connectivity index (χ4n) is 1.66. The topological polar surface area (TPSA) is 50.7 Å². The molecule has 20 heavy (non-hydrogen) atoms. The molecule has 2 aromatic rings. The van der Waals surface area contributed by atoms with Crippen molar-refractivity contribution in [3.8, 4) is 0 Å². The van der Waals surface area contributed by atoms with Crippen LogP contribution in [0.1, 0.15) is 37.2 Å². The molecule has 108 valence electrons. The van der Waals surface area contributed by atoms with Crippen molar-refractivity contribution < 1.29 is 0 Å². The summed E-state index contributed by atoms with van der Waals surface area (Å²) in [6.07, 6.45) is 2.70. The summed E-state index contributed by atoms with van der Waals surface area (Å²) in [6, 6.07) is 0.